The van der Waals surface area contributed by atoms with Gasteiger partial charge in [0, 0.05) is 22.7 Å². The zero-order valence-corrected chi connectivity index (χ0v) is 13.6. The molecule has 0 aliphatic heterocycles. The molecule has 1 N–H and O–H groups in total. The van der Waals surface area contributed by atoms with E-state index in [0.29, 0.717) is 16.3 Å². The molecule has 0 saturated carbocycles. The molecule has 4 nitrogen and oxygen atoms in total. The Morgan fingerprint density at radius 3 is 2.25 bits per heavy atom. The molecule has 0 aliphatic rings. The fraction of sp³-hybridized carbons (Fsp3) is 0.105. The normalized spacial score (nSPS) is 11.4. The molecule has 0 aliphatic carbocycles. The number of hydrogen-bond acceptors (Lipinski definition) is 3. The maximum absolute atomic E-state index is 12.4. The predicted octanol–water partition coefficient (Wildman–Crippen LogP) is 3.92. The lowest BCUT2D eigenvalue weighted by Crippen LogP contribution is -2.30. The summed E-state index contributed by atoms with van der Waals surface area (Å²) in [6.45, 7) is 3.40. The monoisotopic (exact) mass is 341 g/mol. The first-order chi connectivity index (χ1) is 11.5. The zero-order chi connectivity index (χ0) is 17.5. The molecule has 0 fully saturated rings. The van der Waals surface area contributed by atoms with Crippen molar-refractivity contribution in [1.82, 2.24) is 0 Å². The number of carbonyl (C=O) groups excluding carboxylic acids is 3. The minimum atomic E-state index is -1.12. The molecular formula is C19H16ClNO3. The van der Waals surface area contributed by atoms with E-state index in [4.69, 9.17) is 11.6 Å². The van der Waals surface area contributed by atoms with Gasteiger partial charge in [-0.05, 0) is 42.5 Å². The van der Waals surface area contributed by atoms with Crippen molar-refractivity contribution in [2.24, 2.45) is 5.92 Å². The number of carbonyl (C=O) groups is 3. The van der Waals surface area contributed by atoms with Crippen molar-refractivity contribution >= 4 is 34.8 Å². The van der Waals surface area contributed by atoms with Crippen molar-refractivity contribution in [3.8, 4) is 0 Å². The summed E-state index contributed by atoms with van der Waals surface area (Å²) in [6.07, 6.45) is 0.829. The van der Waals surface area contributed by atoms with E-state index in [-0.39, 0.29) is 12.2 Å². The average Bonchev–Trinajstić information content (AvgIpc) is 2.60. The van der Waals surface area contributed by atoms with Crippen LogP contribution in [0, 0.1) is 5.92 Å². The summed E-state index contributed by atoms with van der Waals surface area (Å²) >= 11 is 5.79. The van der Waals surface area contributed by atoms with Gasteiger partial charge in [-0.3, -0.25) is 14.4 Å². The summed E-state index contributed by atoms with van der Waals surface area (Å²) in [5, 5.41) is 3.15. The largest absolute Gasteiger partial charge is 0.325 e. The number of rotatable bonds is 7. The van der Waals surface area contributed by atoms with Crippen molar-refractivity contribution in [3.05, 3.63) is 77.8 Å². The van der Waals surface area contributed by atoms with Gasteiger partial charge in [0.2, 0.25) is 5.91 Å². The molecule has 2 rings (SSSR count). The van der Waals surface area contributed by atoms with Gasteiger partial charge < -0.3 is 5.32 Å². The summed E-state index contributed by atoms with van der Waals surface area (Å²) in [5.41, 5.74) is 0.956. The molecule has 0 bridgehead atoms. The molecule has 2 aromatic rings. The third kappa shape index (κ3) is 4.64. The Balaban J connectivity index is 2.14. The van der Waals surface area contributed by atoms with Gasteiger partial charge in [0.1, 0.15) is 5.92 Å². The molecule has 122 valence electrons. The number of hydrogen-bond donors (Lipinski definition) is 1. The van der Waals surface area contributed by atoms with Crippen molar-refractivity contribution in [3.63, 3.8) is 0 Å². The standard InChI is InChI=1S/C19H16ClNO3/c1-2-17(22)16(19(24)21-15-6-4-3-5-7-15)12-18(23)13-8-10-14(20)11-9-13/h2-11,16H,1,12H2,(H,21,24). The zero-order valence-electron chi connectivity index (χ0n) is 12.9. The van der Waals surface area contributed by atoms with Crippen LogP contribution in [0.5, 0.6) is 0 Å². The number of Topliss-reactive ketones (excluding diaryl/α,β-unsaturated/α-hetero) is 1. The van der Waals surface area contributed by atoms with Gasteiger partial charge in [-0.1, -0.05) is 36.4 Å². The lowest BCUT2D eigenvalue weighted by atomic mass is 9.93. The summed E-state index contributed by atoms with van der Waals surface area (Å²) in [5.74, 6) is -2.46. The Hall–Kier alpha value is -2.72. The van der Waals surface area contributed by atoms with Gasteiger partial charge >= 0.3 is 0 Å². The van der Waals surface area contributed by atoms with Crippen LogP contribution in [0.3, 0.4) is 0 Å². The topological polar surface area (TPSA) is 63.2 Å². The first-order valence-electron chi connectivity index (χ1n) is 7.32. The predicted molar refractivity (Wildman–Crippen MR) is 94.2 cm³/mol. The van der Waals surface area contributed by atoms with Crippen LogP contribution in [0.1, 0.15) is 16.8 Å². The van der Waals surface area contributed by atoms with Crippen molar-refractivity contribution in [1.29, 1.82) is 0 Å². The highest BCUT2D eigenvalue weighted by Gasteiger charge is 2.27. The molecule has 5 heteroatoms. The first-order valence-corrected chi connectivity index (χ1v) is 7.70. The second-order valence-corrected chi connectivity index (χ2v) is 5.58. The number of nitrogens with one attached hydrogen (secondary N) is 1. The van der Waals surface area contributed by atoms with Gasteiger partial charge in [0.05, 0.1) is 0 Å². The minimum absolute atomic E-state index is 0.231. The Morgan fingerprint density at radius 2 is 1.67 bits per heavy atom. The quantitative estimate of drug-likeness (QED) is 0.471. The van der Waals surface area contributed by atoms with Gasteiger partial charge in [0.25, 0.3) is 0 Å². The number of halogens is 1. The van der Waals surface area contributed by atoms with Crippen LogP contribution in [0.15, 0.2) is 67.3 Å². The Labute approximate surface area is 145 Å². The second-order valence-electron chi connectivity index (χ2n) is 5.15. The van der Waals surface area contributed by atoms with Gasteiger partial charge in [-0.25, -0.2) is 0 Å². The van der Waals surface area contributed by atoms with Crippen LogP contribution in [0.2, 0.25) is 5.02 Å². The maximum Gasteiger partial charge on any atom is 0.235 e. The number of allylic oxidation sites excluding steroid dienone is 1. The van der Waals surface area contributed by atoms with Crippen molar-refractivity contribution in [2.75, 3.05) is 5.32 Å². The second kappa shape index (κ2) is 8.22. The molecule has 2 aromatic carbocycles. The van der Waals surface area contributed by atoms with Crippen LogP contribution in [0.25, 0.3) is 0 Å². The lowest BCUT2D eigenvalue weighted by Gasteiger charge is -2.14. The van der Waals surface area contributed by atoms with E-state index in [0.717, 1.165) is 6.08 Å². The van der Waals surface area contributed by atoms with E-state index in [1.165, 1.54) is 0 Å². The Kier molecular flexibility index (Phi) is 6.04. The molecule has 0 saturated heterocycles. The highest BCUT2D eigenvalue weighted by Crippen LogP contribution is 2.17. The Bertz CT molecular complexity index is 754. The molecule has 0 aromatic heterocycles. The van der Waals surface area contributed by atoms with E-state index < -0.39 is 17.6 Å². The number of ketones is 2. The highest BCUT2D eigenvalue weighted by atomic mass is 35.5. The fourth-order valence-electron chi connectivity index (χ4n) is 2.15. The van der Waals surface area contributed by atoms with Crippen molar-refractivity contribution < 1.29 is 14.4 Å². The van der Waals surface area contributed by atoms with E-state index in [1.54, 1.807) is 48.5 Å². The summed E-state index contributed by atoms with van der Waals surface area (Å²) in [6, 6.07) is 15.0. The average molecular weight is 342 g/mol. The summed E-state index contributed by atoms with van der Waals surface area (Å²) < 4.78 is 0. The van der Waals surface area contributed by atoms with E-state index in [9.17, 15) is 14.4 Å². The van der Waals surface area contributed by atoms with Crippen LogP contribution in [-0.4, -0.2) is 17.5 Å². The maximum atomic E-state index is 12.4. The fourth-order valence-corrected chi connectivity index (χ4v) is 2.28. The molecule has 24 heavy (non-hydrogen) atoms. The number of para-hydroxylation sites is 1. The molecule has 0 radical (unpaired) electrons. The smallest absolute Gasteiger partial charge is 0.235 e. The molecular weight excluding hydrogens is 326 g/mol. The third-order valence-corrected chi connectivity index (χ3v) is 3.71. The van der Waals surface area contributed by atoms with Gasteiger partial charge in [0.15, 0.2) is 11.6 Å². The molecule has 1 atom stereocenters. The highest BCUT2D eigenvalue weighted by molar-refractivity contribution is 6.30. The van der Waals surface area contributed by atoms with E-state index in [2.05, 4.69) is 11.9 Å². The van der Waals surface area contributed by atoms with Crippen LogP contribution in [-0.2, 0) is 9.59 Å². The summed E-state index contributed by atoms with van der Waals surface area (Å²) in [7, 11) is 0. The minimum Gasteiger partial charge on any atom is -0.325 e. The van der Waals surface area contributed by atoms with Crippen LogP contribution in [0.4, 0.5) is 5.69 Å². The van der Waals surface area contributed by atoms with Gasteiger partial charge in [-0.2, -0.15) is 0 Å². The number of amides is 1. The Morgan fingerprint density at radius 1 is 1.04 bits per heavy atom. The number of benzene rings is 2. The SMILES string of the molecule is C=CC(=O)C(CC(=O)c1ccc(Cl)cc1)C(=O)Nc1ccccc1. The molecule has 1 amide bonds. The van der Waals surface area contributed by atoms with E-state index >= 15 is 0 Å². The van der Waals surface area contributed by atoms with Crippen LogP contribution < -0.4 is 5.32 Å². The first kappa shape index (κ1) is 17.6. The van der Waals surface area contributed by atoms with Gasteiger partial charge in [-0.15, -0.1) is 0 Å². The van der Waals surface area contributed by atoms with E-state index in [1.807, 2.05) is 6.07 Å². The van der Waals surface area contributed by atoms with Crippen molar-refractivity contribution in [2.45, 2.75) is 6.42 Å². The lowest BCUT2D eigenvalue weighted by molar-refractivity contribution is -0.128. The summed E-state index contributed by atoms with van der Waals surface area (Å²) in [4.78, 5) is 36.7. The third-order valence-electron chi connectivity index (χ3n) is 3.46. The number of anilines is 1. The van der Waals surface area contributed by atoms with Crippen LogP contribution >= 0.6 is 11.6 Å². The molecule has 0 heterocycles. The molecule has 0 spiro atoms. The molecule has 1 unspecified atom stereocenters.